The SMILES string of the molecule is COc1ccc(CNC(N)=NCc2ccc(Cl)nc2)cc1OC. The molecule has 0 aliphatic carbocycles. The number of pyridine rings is 1. The van der Waals surface area contributed by atoms with Crippen molar-refractivity contribution >= 4 is 17.6 Å². The summed E-state index contributed by atoms with van der Waals surface area (Å²) in [6, 6.07) is 9.26. The van der Waals surface area contributed by atoms with Crippen molar-refractivity contribution in [1.29, 1.82) is 0 Å². The van der Waals surface area contributed by atoms with Gasteiger partial charge in [0.2, 0.25) is 0 Å². The lowest BCUT2D eigenvalue weighted by Gasteiger charge is -2.10. The van der Waals surface area contributed by atoms with Gasteiger partial charge in [0.25, 0.3) is 0 Å². The first-order valence-electron chi connectivity index (χ1n) is 6.97. The number of benzene rings is 1. The maximum Gasteiger partial charge on any atom is 0.189 e. The van der Waals surface area contributed by atoms with Crippen LogP contribution in [0.15, 0.2) is 41.5 Å². The number of aliphatic imine (C=N–C) groups is 1. The molecule has 0 bridgehead atoms. The number of ether oxygens (including phenoxy) is 2. The third-order valence-electron chi connectivity index (χ3n) is 3.14. The molecule has 1 aromatic heterocycles. The van der Waals surface area contributed by atoms with Crippen LogP contribution in [0.1, 0.15) is 11.1 Å². The highest BCUT2D eigenvalue weighted by Crippen LogP contribution is 2.27. The number of nitrogens with zero attached hydrogens (tertiary/aromatic N) is 2. The second kappa shape index (κ2) is 8.24. The largest absolute Gasteiger partial charge is 0.493 e. The summed E-state index contributed by atoms with van der Waals surface area (Å²) in [6.07, 6.45) is 1.67. The number of guanidine groups is 1. The van der Waals surface area contributed by atoms with Gasteiger partial charge in [-0.05, 0) is 29.3 Å². The third kappa shape index (κ3) is 5.03. The van der Waals surface area contributed by atoms with Crippen LogP contribution in [0.4, 0.5) is 0 Å². The van der Waals surface area contributed by atoms with Crippen LogP contribution in [0.2, 0.25) is 5.15 Å². The molecule has 0 radical (unpaired) electrons. The molecule has 0 fully saturated rings. The minimum atomic E-state index is 0.356. The third-order valence-corrected chi connectivity index (χ3v) is 3.37. The van der Waals surface area contributed by atoms with Gasteiger partial charge in [0, 0.05) is 12.7 Å². The van der Waals surface area contributed by atoms with E-state index < -0.39 is 0 Å². The molecule has 23 heavy (non-hydrogen) atoms. The predicted molar refractivity (Wildman–Crippen MR) is 91.0 cm³/mol. The van der Waals surface area contributed by atoms with Crippen LogP contribution in [0.3, 0.4) is 0 Å². The quantitative estimate of drug-likeness (QED) is 0.481. The number of aromatic nitrogens is 1. The molecule has 2 aromatic rings. The van der Waals surface area contributed by atoms with Crippen LogP contribution in [0, 0.1) is 0 Å². The first kappa shape index (κ1) is 16.9. The van der Waals surface area contributed by atoms with E-state index in [0.717, 1.165) is 11.1 Å². The molecule has 6 nitrogen and oxygen atoms in total. The molecule has 0 spiro atoms. The molecule has 2 rings (SSSR count). The lowest BCUT2D eigenvalue weighted by Crippen LogP contribution is -2.31. The van der Waals surface area contributed by atoms with Gasteiger partial charge in [0.05, 0.1) is 20.8 Å². The summed E-state index contributed by atoms with van der Waals surface area (Å²) in [6.45, 7) is 0.976. The van der Waals surface area contributed by atoms with Crippen LogP contribution >= 0.6 is 11.6 Å². The van der Waals surface area contributed by atoms with Crippen molar-refractivity contribution in [3.8, 4) is 11.5 Å². The zero-order chi connectivity index (χ0) is 16.7. The molecule has 0 saturated carbocycles. The highest BCUT2D eigenvalue weighted by molar-refractivity contribution is 6.29. The van der Waals surface area contributed by atoms with Crippen LogP contribution in [-0.2, 0) is 13.1 Å². The van der Waals surface area contributed by atoms with Gasteiger partial charge in [-0.3, -0.25) is 0 Å². The number of hydrogen-bond donors (Lipinski definition) is 2. The van der Waals surface area contributed by atoms with Crippen molar-refractivity contribution in [3.05, 3.63) is 52.8 Å². The Labute approximate surface area is 140 Å². The Bertz CT molecular complexity index is 674. The van der Waals surface area contributed by atoms with Gasteiger partial charge in [-0.1, -0.05) is 23.7 Å². The number of nitrogens with two attached hydrogens (primary N) is 1. The Kier molecular flexibility index (Phi) is 6.05. The smallest absolute Gasteiger partial charge is 0.189 e. The highest BCUT2D eigenvalue weighted by atomic mass is 35.5. The fourth-order valence-corrected chi connectivity index (χ4v) is 2.03. The van der Waals surface area contributed by atoms with Gasteiger partial charge in [0.1, 0.15) is 5.15 Å². The molecule has 122 valence electrons. The number of nitrogens with one attached hydrogen (secondary N) is 1. The van der Waals surface area contributed by atoms with Gasteiger partial charge in [0.15, 0.2) is 17.5 Å². The molecular weight excluding hydrogens is 316 g/mol. The van der Waals surface area contributed by atoms with Crippen molar-refractivity contribution in [1.82, 2.24) is 10.3 Å². The van der Waals surface area contributed by atoms with Crippen molar-refractivity contribution in [2.45, 2.75) is 13.1 Å². The minimum Gasteiger partial charge on any atom is -0.493 e. The Morgan fingerprint density at radius 1 is 1.17 bits per heavy atom. The highest BCUT2D eigenvalue weighted by Gasteiger charge is 2.04. The van der Waals surface area contributed by atoms with E-state index in [1.165, 1.54) is 0 Å². The van der Waals surface area contributed by atoms with E-state index in [1.807, 2.05) is 24.3 Å². The van der Waals surface area contributed by atoms with E-state index in [1.54, 1.807) is 26.5 Å². The van der Waals surface area contributed by atoms with Crippen molar-refractivity contribution in [2.24, 2.45) is 10.7 Å². The van der Waals surface area contributed by atoms with E-state index in [2.05, 4.69) is 15.3 Å². The second-order valence-corrected chi connectivity index (χ2v) is 5.12. The first-order chi connectivity index (χ1) is 11.1. The van der Waals surface area contributed by atoms with E-state index in [9.17, 15) is 0 Å². The number of halogens is 1. The van der Waals surface area contributed by atoms with Crippen LogP contribution in [0.25, 0.3) is 0 Å². The zero-order valence-corrected chi connectivity index (χ0v) is 13.8. The molecule has 0 amide bonds. The summed E-state index contributed by atoms with van der Waals surface area (Å²) in [7, 11) is 3.21. The van der Waals surface area contributed by atoms with Crippen LogP contribution in [-0.4, -0.2) is 25.2 Å². The molecule has 1 aromatic carbocycles. The monoisotopic (exact) mass is 334 g/mol. The maximum atomic E-state index is 5.86. The van der Waals surface area contributed by atoms with Crippen molar-refractivity contribution in [3.63, 3.8) is 0 Å². The van der Waals surface area contributed by atoms with E-state index in [0.29, 0.717) is 35.7 Å². The Morgan fingerprint density at radius 2 is 1.91 bits per heavy atom. The van der Waals surface area contributed by atoms with Gasteiger partial charge < -0.3 is 20.5 Å². The van der Waals surface area contributed by atoms with E-state index in [4.69, 9.17) is 26.8 Å². The molecular formula is C16H19ClN4O2. The molecule has 0 unspecified atom stereocenters. The standard InChI is InChI=1S/C16H19ClN4O2/c1-22-13-5-3-11(7-14(13)23-2)8-20-16(18)21-10-12-4-6-15(17)19-9-12/h3-7,9H,8,10H2,1-2H3,(H3,18,20,21). The first-order valence-corrected chi connectivity index (χ1v) is 7.35. The molecule has 3 N–H and O–H groups in total. The number of rotatable bonds is 6. The number of methoxy groups -OCH3 is 2. The average Bonchev–Trinajstić information content (AvgIpc) is 2.59. The summed E-state index contributed by atoms with van der Waals surface area (Å²) in [5.74, 6) is 1.72. The van der Waals surface area contributed by atoms with E-state index in [-0.39, 0.29) is 0 Å². The predicted octanol–water partition coefficient (Wildman–Crippen LogP) is 2.36. The van der Waals surface area contributed by atoms with Gasteiger partial charge in [-0.25, -0.2) is 9.98 Å². The minimum absolute atomic E-state index is 0.356. The molecule has 0 aliphatic rings. The van der Waals surface area contributed by atoms with Gasteiger partial charge in [-0.2, -0.15) is 0 Å². The average molecular weight is 335 g/mol. The lowest BCUT2D eigenvalue weighted by atomic mass is 10.2. The number of hydrogen-bond acceptors (Lipinski definition) is 4. The van der Waals surface area contributed by atoms with Gasteiger partial charge >= 0.3 is 0 Å². The van der Waals surface area contributed by atoms with Crippen LogP contribution < -0.4 is 20.5 Å². The summed E-state index contributed by atoms with van der Waals surface area (Å²) in [4.78, 5) is 8.25. The summed E-state index contributed by atoms with van der Waals surface area (Å²) in [5, 5.41) is 3.51. The fourth-order valence-electron chi connectivity index (χ4n) is 1.92. The van der Waals surface area contributed by atoms with E-state index >= 15 is 0 Å². The molecule has 0 atom stereocenters. The molecule has 0 aliphatic heterocycles. The summed E-state index contributed by atoms with van der Waals surface area (Å²) >= 11 is 5.74. The summed E-state index contributed by atoms with van der Waals surface area (Å²) in [5.41, 5.74) is 7.81. The zero-order valence-electron chi connectivity index (χ0n) is 13.0. The van der Waals surface area contributed by atoms with Gasteiger partial charge in [-0.15, -0.1) is 0 Å². The Balaban J connectivity index is 1.91. The van der Waals surface area contributed by atoms with Crippen molar-refractivity contribution < 1.29 is 9.47 Å². The lowest BCUT2D eigenvalue weighted by molar-refractivity contribution is 0.354. The fraction of sp³-hybridized carbons (Fsp3) is 0.250. The summed E-state index contributed by atoms with van der Waals surface area (Å²) < 4.78 is 10.5. The topological polar surface area (TPSA) is 81.8 Å². The van der Waals surface area contributed by atoms with Crippen molar-refractivity contribution in [2.75, 3.05) is 14.2 Å². The maximum absolute atomic E-state index is 5.86. The normalized spacial score (nSPS) is 11.2. The van der Waals surface area contributed by atoms with Crippen LogP contribution in [0.5, 0.6) is 11.5 Å². The Morgan fingerprint density at radius 3 is 2.57 bits per heavy atom. The molecule has 7 heteroatoms. The Hall–Kier alpha value is -2.47. The molecule has 0 saturated heterocycles. The second-order valence-electron chi connectivity index (χ2n) is 4.73. The molecule has 1 heterocycles.